The monoisotopic (exact) mass is 251 g/mol. The Kier molecular flexibility index (Phi) is 2.60. The lowest BCUT2D eigenvalue weighted by Crippen LogP contribution is -2.24. The fourth-order valence-corrected chi connectivity index (χ4v) is 2.33. The first-order chi connectivity index (χ1) is 9.21. The fourth-order valence-electron chi connectivity index (χ4n) is 2.33. The van der Waals surface area contributed by atoms with Gasteiger partial charge >= 0.3 is 0 Å². The van der Waals surface area contributed by atoms with Crippen LogP contribution in [-0.4, -0.2) is 25.7 Å². The molecule has 0 unspecified atom stereocenters. The van der Waals surface area contributed by atoms with Crippen LogP contribution in [0, 0.1) is 11.3 Å². The quantitative estimate of drug-likeness (QED) is 0.781. The number of aromatic nitrogens is 1. The van der Waals surface area contributed by atoms with Crippen molar-refractivity contribution < 1.29 is 4.74 Å². The Balaban J connectivity index is 2.24. The van der Waals surface area contributed by atoms with Gasteiger partial charge in [-0.05, 0) is 30.3 Å². The lowest BCUT2D eigenvalue weighted by Gasteiger charge is -2.24. The third-order valence-corrected chi connectivity index (χ3v) is 3.27. The second-order valence-corrected chi connectivity index (χ2v) is 4.60. The van der Waals surface area contributed by atoms with Crippen LogP contribution in [0.3, 0.4) is 0 Å². The van der Waals surface area contributed by atoms with Crippen molar-refractivity contribution in [1.82, 2.24) is 4.98 Å². The Bertz CT molecular complexity index is 728. The number of fused-ring (bicyclic) bond motifs is 2. The number of rotatable bonds is 1. The van der Waals surface area contributed by atoms with E-state index in [1.54, 1.807) is 7.11 Å². The van der Waals surface area contributed by atoms with Crippen molar-refractivity contribution in [3.63, 3.8) is 0 Å². The molecular weight excluding hydrogens is 238 g/mol. The number of hydrogen-bond donors (Lipinski definition) is 0. The van der Waals surface area contributed by atoms with Crippen LogP contribution in [0.25, 0.3) is 17.0 Å². The molecule has 0 atom stereocenters. The average molecular weight is 251 g/mol. The molecule has 1 aliphatic rings. The van der Waals surface area contributed by atoms with E-state index in [4.69, 9.17) is 10.00 Å². The molecule has 3 rings (SSSR count). The Hall–Kier alpha value is -2.54. The van der Waals surface area contributed by atoms with E-state index in [-0.39, 0.29) is 0 Å². The first kappa shape index (κ1) is 11.5. The predicted molar refractivity (Wildman–Crippen MR) is 75.2 cm³/mol. The summed E-state index contributed by atoms with van der Waals surface area (Å²) in [4.78, 5) is 6.65. The number of pyridine rings is 1. The van der Waals surface area contributed by atoms with Gasteiger partial charge in [-0.25, -0.2) is 4.98 Å². The summed E-state index contributed by atoms with van der Waals surface area (Å²) in [5, 5.41) is 10.1. The van der Waals surface area contributed by atoms with Crippen molar-refractivity contribution in [2.75, 3.05) is 25.6 Å². The predicted octanol–water partition coefficient (Wildman–Crippen LogP) is 2.60. The van der Waals surface area contributed by atoms with E-state index in [1.165, 1.54) is 0 Å². The van der Waals surface area contributed by atoms with Crippen LogP contribution < -0.4 is 9.64 Å². The number of nitrogens with zero attached hydrogens (tertiary/aromatic N) is 3. The maximum Gasteiger partial charge on any atom is 0.136 e. The molecule has 0 saturated carbocycles. The smallest absolute Gasteiger partial charge is 0.136 e. The molecule has 1 aromatic heterocycles. The van der Waals surface area contributed by atoms with Gasteiger partial charge in [0.15, 0.2) is 0 Å². The van der Waals surface area contributed by atoms with Gasteiger partial charge in [0.1, 0.15) is 11.6 Å². The van der Waals surface area contributed by atoms with Crippen molar-refractivity contribution in [3.05, 3.63) is 35.4 Å². The molecule has 94 valence electrons. The number of nitriles is 1. The third kappa shape index (κ3) is 1.89. The van der Waals surface area contributed by atoms with E-state index in [1.807, 2.05) is 42.3 Å². The van der Waals surface area contributed by atoms with E-state index in [0.29, 0.717) is 6.54 Å². The number of benzene rings is 1. The molecule has 19 heavy (non-hydrogen) atoms. The fraction of sp³-hybridized carbons (Fsp3) is 0.200. The van der Waals surface area contributed by atoms with Gasteiger partial charge in [0.25, 0.3) is 0 Å². The molecule has 0 bridgehead atoms. The normalized spacial score (nSPS) is 13.7. The first-order valence-electron chi connectivity index (χ1n) is 6.02. The zero-order chi connectivity index (χ0) is 13.4. The minimum Gasteiger partial charge on any atom is -0.497 e. The molecule has 0 amide bonds. The highest BCUT2D eigenvalue weighted by molar-refractivity contribution is 5.87. The molecule has 0 saturated heterocycles. The van der Waals surface area contributed by atoms with Crippen LogP contribution in [0.2, 0.25) is 0 Å². The molecule has 0 aliphatic carbocycles. The summed E-state index contributed by atoms with van der Waals surface area (Å²) in [6, 6.07) is 10.1. The van der Waals surface area contributed by atoms with Gasteiger partial charge in [0.2, 0.25) is 0 Å². The summed E-state index contributed by atoms with van der Waals surface area (Å²) in [5.74, 6) is 1.72. The van der Waals surface area contributed by atoms with E-state index in [0.717, 1.165) is 33.6 Å². The molecule has 0 spiro atoms. The van der Waals surface area contributed by atoms with Gasteiger partial charge in [-0.1, -0.05) is 0 Å². The maximum absolute atomic E-state index is 9.04. The van der Waals surface area contributed by atoms with Gasteiger partial charge in [-0.15, -0.1) is 0 Å². The Morgan fingerprint density at radius 1 is 1.37 bits per heavy atom. The Morgan fingerprint density at radius 3 is 2.95 bits per heavy atom. The Labute approximate surface area is 111 Å². The summed E-state index contributed by atoms with van der Waals surface area (Å²) >= 11 is 0. The zero-order valence-electron chi connectivity index (χ0n) is 10.8. The largest absolute Gasteiger partial charge is 0.497 e. The topological polar surface area (TPSA) is 49.1 Å². The van der Waals surface area contributed by atoms with Crippen molar-refractivity contribution in [2.45, 2.75) is 0 Å². The summed E-state index contributed by atoms with van der Waals surface area (Å²) in [6.07, 6.45) is 1.90. The molecule has 0 fully saturated rings. The second kappa shape index (κ2) is 4.29. The van der Waals surface area contributed by atoms with Crippen molar-refractivity contribution in [3.8, 4) is 11.8 Å². The number of anilines is 1. The number of likely N-dealkylation sites (N-methyl/N-ethyl adjacent to an activating group) is 1. The van der Waals surface area contributed by atoms with E-state index in [2.05, 4.69) is 11.1 Å². The van der Waals surface area contributed by atoms with Gasteiger partial charge < -0.3 is 9.64 Å². The van der Waals surface area contributed by atoms with Crippen LogP contribution in [0.4, 0.5) is 5.82 Å². The molecule has 1 aromatic carbocycles. The van der Waals surface area contributed by atoms with Gasteiger partial charge in [-0.2, -0.15) is 5.26 Å². The van der Waals surface area contributed by atoms with E-state index < -0.39 is 0 Å². The third-order valence-electron chi connectivity index (χ3n) is 3.27. The highest BCUT2D eigenvalue weighted by Gasteiger charge is 2.17. The lowest BCUT2D eigenvalue weighted by molar-refractivity contribution is 0.415. The number of methoxy groups -OCH3 is 1. The molecule has 2 heterocycles. The van der Waals surface area contributed by atoms with Crippen molar-refractivity contribution in [2.24, 2.45) is 0 Å². The standard InChI is InChI=1S/C15H13N3O/c1-18-9-10(8-16)5-12-6-11-7-13(19-2)3-4-14(11)17-15(12)18/h3-7H,9H2,1-2H3. The lowest BCUT2D eigenvalue weighted by atomic mass is 10.0. The van der Waals surface area contributed by atoms with Gasteiger partial charge in [-0.3, -0.25) is 0 Å². The minimum absolute atomic E-state index is 0.609. The van der Waals surface area contributed by atoms with Crippen LogP contribution in [0.15, 0.2) is 29.8 Å². The number of hydrogen-bond acceptors (Lipinski definition) is 4. The van der Waals surface area contributed by atoms with Gasteiger partial charge in [0.05, 0.1) is 25.2 Å². The maximum atomic E-state index is 9.04. The molecule has 0 radical (unpaired) electrons. The number of ether oxygens (including phenoxy) is 1. The van der Waals surface area contributed by atoms with E-state index >= 15 is 0 Å². The van der Waals surface area contributed by atoms with Crippen LogP contribution >= 0.6 is 0 Å². The Morgan fingerprint density at radius 2 is 2.21 bits per heavy atom. The zero-order valence-corrected chi connectivity index (χ0v) is 10.8. The van der Waals surface area contributed by atoms with Crippen molar-refractivity contribution in [1.29, 1.82) is 5.26 Å². The summed E-state index contributed by atoms with van der Waals surface area (Å²) in [6.45, 7) is 0.609. The summed E-state index contributed by atoms with van der Waals surface area (Å²) in [5.41, 5.74) is 2.66. The molecule has 4 nitrogen and oxygen atoms in total. The molecular formula is C15H13N3O. The van der Waals surface area contributed by atoms with Crippen LogP contribution in [0.5, 0.6) is 5.75 Å². The average Bonchev–Trinajstić information content (AvgIpc) is 2.44. The summed E-state index contributed by atoms with van der Waals surface area (Å²) < 4.78 is 5.22. The highest BCUT2D eigenvalue weighted by atomic mass is 16.5. The van der Waals surface area contributed by atoms with E-state index in [9.17, 15) is 0 Å². The molecule has 0 N–H and O–H groups in total. The van der Waals surface area contributed by atoms with Crippen molar-refractivity contribution >= 4 is 22.8 Å². The SMILES string of the molecule is COc1ccc2nc3c(cc2c1)C=C(C#N)CN3C. The van der Waals surface area contributed by atoms with Gasteiger partial charge in [0, 0.05) is 23.6 Å². The highest BCUT2D eigenvalue weighted by Crippen LogP contribution is 2.30. The molecule has 2 aromatic rings. The molecule has 1 aliphatic heterocycles. The molecule has 4 heteroatoms. The summed E-state index contributed by atoms with van der Waals surface area (Å²) in [7, 11) is 3.60. The minimum atomic E-state index is 0.609. The van der Waals surface area contributed by atoms with Crippen LogP contribution in [0.1, 0.15) is 5.56 Å². The van der Waals surface area contributed by atoms with Crippen LogP contribution in [-0.2, 0) is 0 Å². The first-order valence-corrected chi connectivity index (χ1v) is 6.02. The second-order valence-electron chi connectivity index (χ2n) is 4.60.